The predicted molar refractivity (Wildman–Crippen MR) is 137 cm³/mol. The molecule has 0 amide bonds. The molecule has 0 saturated carbocycles. The quantitative estimate of drug-likeness (QED) is 0.224. The van der Waals surface area contributed by atoms with Gasteiger partial charge in [-0.2, -0.15) is 13.2 Å². The van der Waals surface area contributed by atoms with Crippen molar-refractivity contribution < 1.29 is 27.4 Å². The summed E-state index contributed by atoms with van der Waals surface area (Å²) < 4.78 is 51.5. The number of anilines is 1. The van der Waals surface area contributed by atoms with E-state index in [1.165, 1.54) is 0 Å². The number of nitrogens with one attached hydrogen (secondary N) is 1. The Hall–Kier alpha value is -4.01. The number of carbonyl (C=O) groups excluding carboxylic acids is 1. The average molecular weight is 512 g/mol. The molecule has 0 radical (unpaired) electrons. The van der Waals surface area contributed by atoms with Gasteiger partial charge >= 0.3 is 6.18 Å². The van der Waals surface area contributed by atoms with E-state index in [0.29, 0.717) is 46.0 Å². The van der Waals surface area contributed by atoms with Crippen LogP contribution in [0, 0.1) is 6.92 Å². The fraction of sp³-hybridized carbons (Fsp3) is 0.286. The van der Waals surface area contributed by atoms with Crippen LogP contribution < -0.4 is 14.8 Å². The van der Waals surface area contributed by atoms with E-state index in [4.69, 9.17) is 9.47 Å². The Kier molecular flexibility index (Phi) is 7.71. The second kappa shape index (κ2) is 10.9. The molecule has 0 aliphatic rings. The predicted octanol–water partition coefficient (Wildman–Crippen LogP) is 7.48. The maximum absolute atomic E-state index is 12.8. The molecule has 6 nitrogen and oxygen atoms in total. The summed E-state index contributed by atoms with van der Waals surface area (Å²) in [6, 6.07) is 16.0. The van der Waals surface area contributed by atoms with Crippen LogP contribution in [0.5, 0.6) is 17.2 Å². The van der Waals surface area contributed by atoms with Gasteiger partial charge in [0.05, 0.1) is 24.7 Å². The first-order valence-corrected chi connectivity index (χ1v) is 12.0. The second-order valence-corrected chi connectivity index (χ2v) is 8.70. The number of ketones is 1. The zero-order valence-electron chi connectivity index (χ0n) is 20.9. The van der Waals surface area contributed by atoms with Crippen molar-refractivity contribution in [2.75, 3.05) is 19.0 Å². The Balaban J connectivity index is 1.75. The minimum atomic E-state index is -4.28. The highest BCUT2D eigenvalue weighted by molar-refractivity contribution is 5.98. The molecule has 0 bridgehead atoms. The fourth-order valence-electron chi connectivity index (χ4n) is 4.10. The Morgan fingerprint density at radius 1 is 1.05 bits per heavy atom. The summed E-state index contributed by atoms with van der Waals surface area (Å²) in [4.78, 5) is 16.9. The van der Waals surface area contributed by atoms with Crippen molar-refractivity contribution in [3.8, 4) is 22.9 Å². The number of carbonyl (C=O) groups is 1. The van der Waals surface area contributed by atoms with Crippen molar-refractivity contribution in [2.45, 2.75) is 39.3 Å². The number of imidazole rings is 1. The molecule has 1 N–H and O–H groups in total. The van der Waals surface area contributed by atoms with Gasteiger partial charge in [0, 0.05) is 42.4 Å². The van der Waals surface area contributed by atoms with E-state index in [1.54, 1.807) is 55.9 Å². The van der Waals surface area contributed by atoms with Gasteiger partial charge in [-0.15, -0.1) is 0 Å². The van der Waals surface area contributed by atoms with Gasteiger partial charge < -0.3 is 14.8 Å². The van der Waals surface area contributed by atoms with Crippen LogP contribution in [0.2, 0.25) is 0 Å². The third kappa shape index (κ3) is 6.22. The number of hydrogen-bond acceptors (Lipinski definition) is 5. The minimum absolute atomic E-state index is 0.0900. The van der Waals surface area contributed by atoms with Crippen LogP contribution in [-0.2, 0) is 0 Å². The van der Waals surface area contributed by atoms with Gasteiger partial charge in [0.15, 0.2) is 5.78 Å². The SMILES string of the molecule is CCCC(=O)c1ccc(-n2cnc3c(NCCC(F)(F)F)cc(Oc4cccc(OC)c4)cc32)cc1C. The lowest BCUT2D eigenvalue weighted by atomic mass is 10.0. The van der Waals surface area contributed by atoms with Gasteiger partial charge in [-0.1, -0.05) is 13.0 Å². The highest BCUT2D eigenvalue weighted by atomic mass is 19.4. The largest absolute Gasteiger partial charge is 0.497 e. The first kappa shape index (κ1) is 26.1. The number of fused-ring (bicyclic) bond motifs is 1. The lowest BCUT2D eigenvalue weighted by molar-refractivity contribution is -0.131. The van der Waals surface area contributed by atoms with Crippen molar-refractivity contribution >= 4 is 22.5 Å². The van der Waals surface area contributed by atoms with Crippen molar-refractivity contribution in [1.82, 2.24) is 9.55 Å². The molecule has 9 heteroatoms. The van der Waals surface area contributed by atoms with E-state index in [9.17, 15) is 18.0 Å². The lowest BCUT2D eigenvalue weighted by Crippen LogP contribution is -2.14. The zero-order chi connectivity index (χ0) is 26.6. The Bertz CT molecular complexity index is 1410. The van der Waals surface area contributed by atoms with Crippen LogP contribution in [0.1, 0.15) is 42.1 Å². The third-order valence-corrected chi connectivity index (χ3v) is 5.89. The van der Waals surface area contributed by atoms with Crippen molar-refractivity contribution in [3.63, 3.8) is 0 Å². The number of methoxy groups -OCH3 is 1. The zero-order valence-corrected chi connectivity index (χ0v) is 20.9. The average Bonchev–Trinajstić information content (AvgIpc) is 3.27. The van der Waals surface area contributed by atoms with Crippen molar-refractivity contribution in [2.24, 2.45) is 0 Å². The Morgan fingerprint density at radius 3 is 2.54 bits per heavy atom. The monoisotopic (exact) mass is 511 g/mol. The Labute approximate surface area is 213 Å². The first-order chi connectivity index (χ1) is 17.7. The van der Waals surface area contributed by atoms with Crippen LogP contribution in [0.15, 0.2) is 60.9 Å². The molecule has 0 aliphatic heterocycles. The van der Waals surface area contributed by atoms with Crippen LogP contribution in [-0.4, -0.2) is 35.2 Å². The van der Waals surface area contributed by atoms with Gasteiger partial charge in [0.25, 0.3) is 0 Å². The highest BCUT2D eigenvalue weighted by Gasteiger charge is 2.26. The molecule has 0 unspecified atom stereocenters. The van der Waals surface area contributed by atoms with Gasteiger partial charge in [-0.3, -0.25) is 9.36 Å². The van der Waals surface area contributed by atoms with Crippen LogP contribution >= 0.6 is 0 Å². The maximum Gasteiger partial charge on any atom is 0.390 e. The van der Waals surface area contributed by atoms with E-state index in [0.717, 1.165) is 17.7 Å². The maximum atomic E-state index is 12.8. The van der Waals surface area contributed by atoms with Gasteiger partial charge in [-0.25, -0.2) is 4.98 Å². The molecule has 0 saturated heterocycles. The van der Waals surface area contributed by atoms with Crippen molar-refractivity contribution in [1.29, 1.82) is 0 Å². The molecule has 0 atom stereocenters. The molecule has 194 valence electrons. The molecule has 0 aliphatic carbocycles. The van der Waals surface area contributed by atoms with E-state index in [-0.39, 0.29) is 12.3 Å². The summed E-state index contributed by atoms with van der Waals surface area (Å²) in [5, 5.41) is 2.86. The third-order valence-electron chi connectivity index (χ3n) is 5.89. The van der Waals surface area contributed by atoms with Crippen LogP contribution in [0.25, 0.3) is 16.7 Å². The number of Topliss-reactive ketones (excluding diaryl/α,β-unsaturated/α-hetero) is 1. The number of rotatable bonds is 10. The summed E-state index contributed by atoms with van der Waals surface area (Å²) in [5.74, 6) is 1.64. The minimum Gasteiger partial charge on any atom is -0.497 e. The molecule has 0 spiro atoms. The van der Waals surface area contributed by atoms with Crippen LogP contribution in [0.4, 0.5) is 18.9 Å². The number of aryl methyl sites for hydroxylation is 1. The topological polar surface area (TPSA) is 65.4 Å². The summed E-state index contributed by atoms with van der Waals surface area (Å²) in [7, 11) is 1.55. The van der Waals surface area contributed by atoms with Gasteiger partial charge in [0.2, 0.25) is 0 Å². The molecule has 37 heavy (non-hydrogen) atoms. The standard InChI is InChI=1S/C28H28F3N3O3/c1-4-6-26(35)23-10-9-19(13-18(23)2)34-17-33-27-24(32-12-11-28(29,30)31)15-22(16-25(27)34)37-21-8-5-7-20(14-21)36-3/h5,7-10,13-17,32H,4,6,11-12H2,1-3H3. The molecule has 0 fully saturated rings. The van der Waals surface area contributed by atoms with E-state index >= 15 is 0 Å². The first-order valence-electron chi connectivity index (χ1n) is 12.0. The number of nitrogens with zero attached hydrogens (tertiary/aromatic N) is 2. The van der Waals surface area contributed by atoms with E-state index in [1.807, 2.05) is 30.5 Å². The lowest BCUT2D eigenvalue weighted by Gasteiger charge is -2.14. The molecular formula is C28H28F3N3O3. The fourth-order valence-corrected chi connectivity index (χ4v) is 4.10. The van der Waals surface area contributed by atoms with Gasteiger partial charge in [0.1, 0.15) is 29.1 Å². The molecule has 1 heterocycles. The van der Waals surface area contributed by atoms with Crippen LogP contribution in [0.3, 0.4) is 0 Å². The number of benzene rings is 3. The molecule has 4 rings (SSSR count). The number of ether oxygens (including phenoxy) is 2. The molecule has 1 aromatic heterocycles. The van der Waals surface area contributed by atoms with E-state index in [2.05, 4.69) is 10.3 Å². The second-order valence-electron chi connectivity index (χ2n) is 8.70. The molecular weight excluding hydrogens is 483 g/mol. The number of halogens is 3. The van der Waals surface area contributed by atoms with Gasteiger partial charge in [-0.05, 0) is 49.2 Å². The summed E-state index contributed by atoms with van der Waals surface area (Å²) in [5.41, 5.74) is 3.85. The summed E-state index contributed by atoms with van der Waals surface area (Å²) in [6.07, 6.45) is -2.41. The number of alkyl halides is 3. The Morgan fingerprint density at radius 2 is 1.84 bits per heavy atom. The normalized spacial score (nSPS) is 11.5. The number of hydrogen-bond donors (Lipinski definition) is 1. The van der Waals surface area contributed by atoms with Crippen molar-refractivity contribution in [3.05, 3.63) is 72.1 Å². The molecule has 3 aromatic carbocycles. The summed E-state index contributed by atoms with van der Waals surface area (Å²) in [6.45, 7) is 3.54. The smallest absolute Gasteiger partial charge is 0.390 e. The van der Waals surface area contributed by atoms with E-state index < -0.39 is 12.6 Å². The summed E-state index contributed by atoms with van der Waals surface area (Å²) >= 11 is 0. The number of aromatic nitrogens is 2. The molecule has 4 aromatic rings. The highest BCUT2D eigenvalue weighted by Crippen LogP contribution is 2.34.